The maximum atomic E-state index is 12.3. The van der Waals surface area contributed by atoms with Gasteiger partial charge in [0, 0.05) is 0 Å². The first kappa shape index (κ1) is 19.4. The van der Waals surface area contributed by atoms with Crippen LogP contribution in [0.5, 0.6) is 0 Å². The van der Waals surface area contributed by atoms with Gasteiger partial charge in [-0.3, -0.25) is 0 Å². The summed E-state index contributed by atoms with van der Waals surface area (Å²) in [4.78, 5) is 0. The van der Waals surface area contributed by atoms with Crippen molar-refractivity contribution in [2.45, 2.75) is 60.6 Å². The summed E-state index contributed by atoms with van der Waals surface area (Å²) in [5.74, 6) is 0. The molecule has 0 amide bonds. The van der Waals surface area contributed by atoms with Crippen LogP contribution in [0.15, 0.2) is 18.2 Å². The van der Waals surface area contributed by atoms with Crippen LogP contribution < -0.4 is 0 Å². The lowest BCUT2D eigenvalue weighted by Crippen LogP contribution is -2.06. The molecular formula is C15H25F3. The summed E-state index contributed by atoms with van der Waals surface area (Å²) in [5, 5.41) is 0. The highest BCUT2D eigenvalue weighted by Gasteiger charge is 2.30. The monoisotopic (exact) mass is 262 g/mol. The first-order valence-corrected chi connectivity index (χ1v) is 6.68. The van der Waals surface area contributed by atoms with E-state index in [4.69, 9.17) is 0 Å². The molecule has 3 heteroatoms. The summed E-state index contributed by atoms with van der Waals surface area (Å²) in [6.45, 7) is 11.8. The molecule has 0 spiro atoms. The van der Waals surface area contributed by atoms with Crippen molar-refractivity contribution in [3.8, 4) is 0 Å². The van der Waals surface area contributed by atoms with Crippen LogP contribution in [0.2, 0.25) is 0 Å². The molecule has 0 aliphatic carbocycles. The Hall–Kier alpha value is -0.990. The number of halogens is 3. The summed E-state index contributed by atoms with van der Waals surface area (Å²) >= 11 is 0. The molecule has 0 saturated heterocycles. The highest BCUT2D eigenvalue weighted by atomic mass is 19.4. The second kappa shape index (κ2) is 9.98. The summed E-state index contributed by atoms with van der Waals surface area (Å²) in [5.41, 5.74) is 1.24. The van der Waals surface area contributed by atoms with Crippen molar-refractivity contribution in [1.82, 2.24) is 0 Å². The Morgan fingerprint density at radius 3 is 1.61 bits per heavy atom. The van der Waals surface area contributed by atoms with Crippen LogP contribution in [0.3, 0.4) is 0 Å². The maximum absolute atomic E-state index is 12.3. The van der Waals surface area contributed by atoms with Crippen LogP contribution in [0, 0.1) is 0 Å². The summed E-state index contributed by atoms with van der Waals surface area (Å²) < 4.78 is 37.0. The second-order valence-electron chi connectivity index (χ2n) is 3.19. The molecule has 0 nitrogen and oxygen atoms in total. The third-order valence-corrected chi connectivity index (χ3v) is 2.30. The highest BCUT2D eigenvalue weighted by Crippen LogP contribution is 2.30. The van der Waals surface area contributed by atoms with Gasteiger partial charge in [0.1, 0.15) is 0 Å². The predicted octanol–water partition coefficient (Wildman–Crippen LogP) is 5.88. The van der Waals surface area contributed by atoms with Crippen LogP contribution in [0.25, 0.3) is 0 Å². The normalized spacial score (nSPS) is 9.83. The van der Waals surface area contributed by atoms with Crippen LogP contribution in [-0.2, 0) is 19.0 Å². The lowest BCUT2D eigenvalue weighted by Gasteiger charge is -2.11. The van der Waals surface area contributed by atoms with Gasteiger partial charge in [-0.15, -0.1) is 0 Å². The van der Waals surface area contributed by atoms with E-state index in [2.05, 4.69) is 0 Å². The van der Waals surface area contributed by atoms with E-state index in [0.717, 1.165) is 23.6 Å². The molecular weight excluding hydrogens is 237 g/mol. The topological polar surface area (TPSA) is 0 Å². The zero-order valence-electron chi connectivity index (χ0n) is 12.3. The number of hydrogen-bond donors (Lipinski definition) is 0. The number of hydrogen-bond acceptors (Lipinski definition) is 0. The number of benzene rings is 1. The Bertz CT molecular complexity index is 314. The minimum Gasteiger partial charge on any atom is -0.166 e. The minimum absolute atomic E-state index is 0.549. The quantitative estimate of drug-likeness (QED) is 0.624. The molecule has 18 heavy (non-hydrogen) atoms. The Morgan fingerprint density at radius 1 is 0.833 bits per heavy atom. The third-order valence-electron chi connectivity index (χ3n) is 2.30. The van der Waals surface area contributed by atoms with Crippen molar-refractivity contribution in [3.63, 3.8) is 0 Å². The Kier molecular flexibility index (Phi) is 10.7. The van der Waals surface area contributed by atoms with Crippen molar-refractivity contribution in [3.05, 3.63) is 34.9 Å². The van der Waals surface area contributed by atoms with E-state index in [1.165, 1.54) is 6.07 Å². The molecule has 0 saturated carbocycles. The van der Waals surface area contributed by atoms with Gasteiger partial charge in [-0.25, -0.2) is 0 Å². The fraction of sp³-hybridized carbons (Fsp3) is 0.600. The van der Waals surface area contributed by atoms with E-state index in [-0.39, 0.29) is 0 Å². The summed E-state index contributed by atoms with van der Waals surface area (Å²) in [6, 6.07) is 3.97. The molecule has 0 aliphatic rings. The minimum atomic E-state index is -4.23. The summed E-state index contributed by atoms with van der Waals surface area (Å²) in [7, 11) is 0. The van der Waals surface area contributed by atoms with E-state index >= 15 is 0 Å². The molecule has 0 aliphatic heterocycles. The van der Waals surface area contributed by atoms with E-state index in [1.54, 1.807) is 6.07 Å². The Balaban J connectivity index is 0. The van der Waals surface area contributed by atoms with Crippen molar-refractivity contribution in [2.75, 3.05) is 0 Å². The van der Waals surface area contributed by atoms with Gasteiger partial charge in [0.15, 0.2) is 0 Å². The lowest BCUT2D eigenvalue weighted by molar-refractivity contribution is -0.137. The van der Waals surface area contributed by atoms with Gasteiger partial charge in [0.05, 0.1) is 5.56 Å². The Labute approximate surface area is 109 Å². The first-order valence-electron chi connectivity index (χ1n) is 6.68. The van der Waals surface area contributed by atoms with Gasteiger partial charge in [-0.1, -0.05) is 47.6 Å². The van der Waals surface area contributed by atoms with Crippen LogP contribution in [0.1, 0.15) is 58.2 Å². The van der Waals surface area contributed by atoms with Crippen molar-refractivity contribution in [1.29, 1.82) is 0 Å². The van der Waals surface area contributed by atoms with Gasteiger partial charge >= 0.3 is 6.18 Å². The molecule has 0 fully saturated rings. The molecule has 1 aromatic rings. The molecule has 0 heterocycles. The maximum Gasteiger partial charge on any atom is 0.416 e. The molecule has 106 valence electrons. The average Bonchev–Trinajstić information content (AvgIpc) is 2.41. The third kappa shape index (κ3) is 6.08. The zero-order valence-corrected chi connectivity index (χ0v) is 12.3. The van der Waals surface area contributed by atoms with Gasteiger partial charge in [-0.05, 0) is 36.1 Å². The van der Waals surface area contributed by atoms with Crippen molar-refractivity contribution in [2.24, 2.45) is 0 Å². The molecule has 1 rings (SSSR count). The van der Waals surface area contributed by atoms with Crippen LogP contribution >= 0.6 is 0 Å². The van der Waals surface area contributed by atoms with Gasteiger partial charge < -0.3 is 0 Å². The molecule has 0 unspecified atom stereocenters. The van der Waals surface area contributed by atoms with Gasteiger partial charge in [0.25, 0.3) is 0 Å². The molecule has 0 atom stereocenters. The Morgan fingerprint density at radius 2 is 1.28 bits per heavy atom. The molecule has 0 N–H and O–H groups in total. The van der Waals surface area contributed by atoms with Gasteiger partial charge in [-0.2, -0.15) is 13.2 Å². The molecule has 0 radical (unpaired) electrons. The second-order valence-corrected chi connectivity index (χ2v) is 3.19. The van der Waals surface area contributed by atoms with Crippen molar-refractivity contribution < 1.29 is 13.2 Å². The fourth-order valence-corrected chi connectivity index (χ4v) is 1.48. The van der Waals surface area contributed by atoms with Crippen LogP contribution in [0.4, 0.5) is 13.2 Å². The highest BCUT2D eigenvalue weighted by molar-refractivity contribution is 5.33. The first-order chi connectivity index (χ1) is 8.49. The average molecular weight is 262 g/mol. The predicted molar refractivity (Wildman–Crippen MR) is 72.9 cm³/mol. The van der Waals surface area contributed by atoms with E-state index in [9.17, 15) is 13.2 Å². The number of aryl methyl sites for hydroxylation is 2. The van der Waals surface area contributed by atoms with E-state index in [0.29, 0.717) is 6.42 Å². The molecule has 1 aromatic carbocycles. The van der Waals surface area contributed by atoms with E-state index in [1.807, 2.05) is 41.5 Å². The van der Waals surface area contributed by atoms with Crippen molar-refractivity contribution >= 4 is 0 Å². The summed E-state index contributed by atoms with van der Waals surface area (Å²) in [6.07, 6.45) is -2.80. The number of rotatable bonds is 2. The standard InChI is InChI=1S/C11H13F3.2C2H6/c1-3-8-5-6-10(11(12,13)14)7-9(8)4-2;2*1-2/h5-7H,3-4H2,1-2H3;2*1-2H3. The SMILES string of the molecule is CC.CC.CCc1ccc(C(F)(F)F)cc1CC. The molecule has 0 bridgehead atoms. The smallest absolute Gasteiger partial charge is 0.166 e. The molecule has 0 aromatic heterocycles. The van der Waals surface area contributed by atoms with Gasteiger partial charge in [0.2, 0.25) is 0 Å². The van der Waals surface area contributed by atoms with E-state index < -0.39 is 11.7 Å². The largest absolute Gasteiger partial charge is 0.416 e. The number of alkyl halides is 3. The zero-order chi connectivity index (χ0) is 14.8. The fourth-order valence-electron chi connectivity index (χ4n) is 1.48. The lowest BCUT2D eigenvalue weighted by atomic mass is 10.00. The van der Waals surface area contributed by atoms with Crippen LogP contribution in [-0.4, -0.2) is 0 Å².